The van der Waals surface area contributed by atoms with Crippen molar-refractivity contribution in [2.24, 2.45) is 0 Å². The van der Waals surface area contributed by atoms with Gasteiger partial charge < -0.3 is 9.74 Å². The lowest BCUT2D eigenvalue weighted by Gasteiger charge is -2.48. The van der Waals surface area contributed by atoms with Gasteiger partial charge in [-0.3, -0.25) is 4.79 Å². The highest BCUT2D eigenvalue weighted by Gasteiger charge is 2.51. The van der Waals surface area contributed by atoms with Gasteiger partial charge in [0.1, 0.15) is 6.10 Å². The van der Waals surface area contributed by atoms with E-state index in [0.717, 1.165) is 5.56 Å². The Hall–Kier alpha value is -1.39. The lowest BCUT2D eigenvalue weighted by Crippen LogP contribution is -2.67. The lowest BCUT2D eigenvalue weighted by atomic mass is 10.0. The predicted molar refractivity (Wildman–Crippen MR) is 103 cm³/mol. The van der Waals surface area contributed by atoms with Crippen LogP contribution in [0.1, 0.15) is 47.1 Å². The van der Waals surface area contributed by atoms with Crippen LogP contribution in [0.5, 0.6) is 0 Å². The maximum Gasteiger partial charge on any atom is 0.250 e. The highest BCUT2D eigenvalue weighted by Crippen LogP contribution is 2.44. The van der Waals surface area contributed by atoms with E-state index in [1.165, 1.54) is 0 Å². The summed E-state index contributed by atoms with van der Waals surface area (Å²) in [6.07, 6.45) is 3.77. The minimum atomic E-state index is -2.05. The SMILES string of the molecule is CC(C)[Si](OC1C(=O)NC1/C=C/c1ccccc1)(C(C)C)C(C)C. The summed E-state index contributed by atoms with van der Waals surface area (Å²) in [6.45, 7) is 13.5. The van der Waals surface area contributed by atoms with E-state index < -0.39 is 8.32 Å². The fourth-order valence-corrected chi connectivity index (χ4v) is 9.58. The summed E-state index contributed by atoms with van der Waals surface area (Å²) >= 11 is 0. The van der Waals surface area contributed by atoms with Crippen molar-refractivity contribution in [1.82, 2.24) is 5.32 Å². The second kappa shape index (κ2) is 7.66. The van der Waals surface area contributed by atoms with Crippen molar-refractivity contribution >= 4 is 20.3 Å². The first-order valence-corrected chi connectivity index (χ1v) is 11.1. The van der Waals surface area contributed by atoms with Crippen molar-refractivity contribution in [2.75, 3.05) is 0 Å². The van der Waals surface area contributed by atoms with E-state index in [4.69, 9.17) is 4.43 Å². The molecule has 0 aromatic heterocycles. The van der Waals surface area contributed by atoms with E-state index in [1.54, 1.807) is 0 Å². The molecule has 4 heteroatoms. The zero-order valence-corrected chi connectivity index (χ0v) is 16.7. The van der Waals surface area contributed by atoms with Crippen LogP contribution in [-0.4, -0.2) is 26.4 Å². The van der Waals surface area contributed by atoms with Crippen LogP contribution in [0.3, 0.4) is 0 Å². The minimum Gasteiger partial charge on any atom is -0.402 e. The number of β-lactam (4-membered cyclic amide) rings is 1. The van der Waals surface area contributed by atoms with Gasteiger partial charge in [0.15, 0.2) is 0 Å². The molecule has 2 unspecified atom stereocenters. The van der Waals surface area contributed by atoms with Crippen molar-refractivity contribution in [1.29, 1.82) is 0 Å². The molecule has 2 atom stereocenters. The Labute approximate surface area is 147 Å². The Bertz CT molecular complexity index is 559. The summed E-state index contributed by atoms with van der Waals surface area (Å²) in [4.78, 5) is 12.2. The molecule has 1 saturated heterocycles. The van der Waals surface area contributed by atoms with Crippen LogP contribution in [-0.2, 0) is 9.22 Å². The van der Waals surface area contributed by atoms with E-state index in [2.05, 4.69) is 71.1 Å². The van der Waals surface area contributed by atoms with E-state index in [0.29, 0.717) is 16.6 Å². The Balaban J connectivity index is 2.16. The molecule has 1 N–H and O–H groups in total. The first-order chi connectivity index (χ1) is 11.3. The van der Waals surface area contributed by atoms with Gasteiger partial charge in [-0.15, -0.1) is 0 Å². The van der Waals surface area contributed by atoms with Crippen LogP contribution >= 0.6 is 0 Å². The summed E-state index contributed by atoms with van der Waals surface area (Å²) in [6, 6.07) is 10.1. The van der Waals surface area contributed by atoms with Gasteiger partial charge >= 0.3 is 0 Å². The molecule has 1 aliphatic rings. The molecule has 0 saturated carbocycles. The van der Waals surface area contributed by atoms with Crippen molar-refractivity contribution in [3.8, 4) is 0 Å². The molecule has 1 aromatic rings. The van der Waals surface area contributed by atoms with E-state index in [9.17, 15) is 4.79 Å². The molecule has 2 rings (SSSR count). The van der Waals surface area contributed by atoms with Crippen molar-refractivity contribution < 1.29 is 9.22 Å². The Kier molecular flexibility index (Phi) is 6.05. The van der Waals surface area contributed by atoms with Gasteiger partial charge in [-0.2, -0.15) is 0 Å². The zero-order valence-electron chi connectivity index (χ0n) is 15.7. The van der Waals surface area contributed by atoms with Gasteiger partial charge in [-0.1, -0.05) is 84.0 Å². The number of hydrogen-bond donors (Lipinski definition) is 1. The Morgan fingerprint density at radius 2 is 1.54 bits per heavy atom. The monoisotopic (exact) mass is 345 g/mol. The van der Waals surface area contributed by atoms with Crippen LogP contribution in [0.25, 0.3) is 6.08 Å². The smallest absolute Gasteiger partial charge is 0.250 e. The van der Waals surface area contributed by atoms with Gasteiger partial charge in [0.25, 0.3) is 5.91 Å². The van der Waals surface area contributed by atoms with Crippen LogP contribution in [0.15, 0.2) is 36.4 Å². The largest absolute Gasteiger partial charge is 0.402 e. The first-order valence-electron chi connectivity index (χ1n) is 9.00. The van der Waals surface area contributed by atoms with Crippen LogP contribution in [0.4, 0.5) is 0 Å². The summed E-state index contributed by atoms with van der Waals surface area (Å²) in [5, 5.41) is 2.97. The number of carbonyl (C=O) groups is 1. The molecule has 1 amide bonds. The summed E-state index contributed by atoms with van der Waals surface area (Å²) in [5.41, 5.74) is 2.57. The summed E-state index contributed by atoms with van der Waals surface area (Å²) < 4.78 is 6.65. The zero-order chi connectivity index (χ0) is 17.9. The van der Waals surface area contributed by atoms with Crippen LogP contribution in [0.2, 0.25) is 16.6 Å². The summed E-state index contributed by atoms with van der Waals surface area (Å²) in [5.74, 6) is 0.0246. The molecule has 1 aromatic carbocycles. The molecule has 1 aliphatic heterocycles. The molecule has 3 nitrogen and oxygen atoms in total. The van der Waals surface area contributed by atoms with Crippen LogP contribution < -0.4 is 5.32 Å². The normalized spacial score (nSPS) is 21.6. The second-order valence-electron chi connectivity index (χ2n) is 7.66. The number of nitrogens with one attached hydrogen (secondary N) is 1. The predicted octanol–water partition coefficient (Wildman–Crippen LogP) is 4.76. The van der Waals surface area contributed by atoms with Gasteiger partial charge in [-0.05, 0) is 22.2 Å². The standard InChI is InChI=1S/C20H31NO2Si/c1-14(2)24(15(3)4,16(5)6)23-19-18(21-20(19)22)13-12-17-10-8-7-9-11-17/h7-16,18-19H,1-6H3,(H,21,22)/b13-12+. The maximum absolute atomic E-state index is 12.2. The molecule has 1 fully saturated rings. The average molecular weight is 346 g/mol. The molecule has 132 valence electrons. The molecular formula is C20H31NO2Si. The highest BCUT2D eigenvalue weighted by molar-refractivity contribution is 6.77. The van der Waals surface area contributed by atoms with Crippen molar-refractivity contribution in [2.45, 2.75) is 70.3 Å². The first kappa shape index (κ1) is 18.9. The van der Waals surface area contributed by atoms with Crippen molar-refractivity contribution in [3.05, 3.63) is 42.0 Å². The Morgan fingerprint density at radius 3 is 2.00 bits per heavy atom. The molecular weight excluding hydrogens is 314 g/mol. The third-order valence-corrected chi connectivity index (χ3v) is 11.3. The molecule has 24 heavy (non-hydrogen) atoms. The average Bonchev–Trinajstić information content (AvgIpc) is 2.51. The van der Waals surface area contributed by atoms with E-state index >= 15 is 0 Å². The van der Waals surface area contributed by atoms with Gasteiger partial charge in [-0.25, -0.2) is 0 Å². The third-order valence-electron chi connectivity index (χ3n) is 5.23. The topological polar surface area (TPSA) is 38.3 Å². The molecule has 0 bridgehead atoms. The highest BCUT2D eigenvalue weighted by atomic mass is 28.4. The lowest BCUT2D eigenvalue weighted by molar-refractivity contribution is -0.139. The number of benzene rings is 1. The number of rotatable bonds is 7. The summed E-state index contributed by atoms with van der Waals surface area (Å²) in [7, 11) is -2.05. The number of hydrogen-bond acceptors (Lipinski definition) is 2. The minimum absolute atomic E-state index is 0.0246. The van der Waals surface area contributed by atoms with E-state index in [-0.39, 0.29) is 18.1 Å². The quantitative estimate of drug-likeness (QED) is 0.571. The van der Waals surface area contributed by atoms with Crippen LogP contribution in [0, 0.1) is 0 Å². The number of amides is 1. The molecule has 0 radical (unpaired) electrons. The molecule has 0 spiro atoms. The van der Waals surface area contributed by atoms with Gasteiger partial charge in [0, 0.05) is 0 Å². The fourth-order valence-electron chi connectivity index (χ4n) is 4.07. The van der Waals surface area contributed by atoms with E-state index in [1.807, 2.05) is 18.2 Å². The Morgan fingerprint density at radius 1 is 1.00 bits per heavy atom. The van der Waals surface area contributed by atoms with Gasteiger partial charge in [0.05, 0.1) is 6.04 Å². The molecule has 1 heterocycles. The maximum atomic E-state index is 12.2. The molecule has 0 aliphatic carbocycles. The fraction of sp³-hybridized carbons (Fsp3) is 0.550. The third kappa shape index (κ3) is 3.65. The second-order valence-corrected chi connectivity index (χ2v) is 13.1. The number of carbonyl (C=O) groups excluding carboxylic acids is 1. The van der Waals surface area contributed by atoms with Gasteiger partial charge in [0.2, 0.25) is 8.32 Å². The van der Waals surface area contributed by atoms with Crippen molar-refractivity contribution in [3.63, 3.8) is 0 Å².